The molecular formula is C114H134N4O22Si4. The second kappa shape index (κ2) is 43.5. The molecule has 13 aromatic rings. The van der Waals surface area contributed by atoms with Crippen LogP contribution in [0.15, 0.2) is 243 Å². The van der Waals surface area contributed by atoms with E-state index in [1.54, 1.807) is 144 Å². The average molecular weight is 2020 g/mol. The third-order valence-electron chi connectivity index (χ3n) is 29.4. The summed E-state index contributed by atoms with van der Waals surface area (Å²) in [5, 5.41) is 16.3. The Hall–Kier alpha value is -11.7. The van der Waals surface area contributed by atoms with Crippen LogP contribution in [0.5, 0.6) is 46.0 Å². The van der Waals surface area contributed by atoms with E-state index in [0.29, 0.717) is 95.6 Å². The Morgan fingerprint density at radius 1 is 0.306 bits per heavy atom. The molecule has 0 saturated carbocycles. The number of imide groups is 1. The molecule has 0 fully saturated rings. The monoisotopic (exact) mass is 2020 g/mol. The number of hydrogen-bond donors (Lipinski definition) is 1. The molecule has 13 aromatic carbocycles. The van der Waals surface area contributed by atoms with Gasteiger partial charge in [-0.25, -0.2) is 0 Å². The summed E-state index contributed by atoms with van der Waals surface area (Å²) < 4.78 is 102. The predicted molar refractivity (Wildman–Crippen MR) is 570 cm³/mol. The molecule has 2 aliphatic rings. The van der Waals surface area contributed by atoms with Crippen LogP contribution in [0, 0.1) is 11.8 Å². The van der Waals surface area contributed by atoms with Crippen LogP contribution < -0.4 is 28.7 Å². The fourth-order valence-electron chi connectivity index (χ4n) is 20.4. The Bertz CT molecular complexity index is 6480. The second-order valence-electron chi connectivity index (χ2n) is 40.1. The van der Waals surface area contributed by atoms with Gasteiger partial charge in [-0.2, -0.15) is 0 Å². The highest BCUT2D eigenvalue weighted by Crippen LogP contribution is 2.60. The van der Waals surface area contributed by atoms with E-state index >= 15 is 24.0 Å². The molecule has 0 radical (unpaired) electrons. The van der Waals surface area contributed by atoms with Crippen molar-refractivity contribution in [3.05, 3.63) is 287 Å². The quantitative estimate of drug-likeness (QED) is 0.0161. The Kier molecular flexibility index (Phi) is 32.2. The number of carbonyl (C=O) groups excluding carboxylic acids is 5. The number of carbonyl (C=O) groups is 5. The van der Waals surface area contributed by atoms with E-state index in [1.807, 2.05) is 222 Å². The van der Waals surface area contributed by atoms with Crippen LogP contribution in [0.2, 0.25) is 24.2 Å². The number of benzene rings is 13. The molecule has 0 saturated heterocycles. The number of rotatable bonds is 46. The zero-order valence-corrected chi connectivity index (χ0v) is 90.9. The molecule has 5 amide bonds. The molecule has 3 unspecified atom stereocenters. The van der Waals surface area contributed by atoms with E-state index in [2.05, 4.69) is 55.4 Å². The van der Waals surface area contributed by atoms with Crippen molar-refractivity contribution in [2.24, 2.45) is 11.8 Å². The first-order valence-corrected chi connectivity index (χ1v) is 56.4. The molecule has 2 aliphatic heterocycles. The molecule has 26 nitrogen and oxygen atoms in total. The van der Waals surface area contributed by atoms with E-state index < -0.39 is 117 Å². The maximum Gasteiger partial charge on any atom is 0.500 e. The van der Waals surface area contributed by atoms with Crippen molar-refractivity contribution in [1.29, 1.82) is 0 Å². The van der Waals surface area contributed by atoms with E-state index in [1.165, 1.54) is 4.90 Å². The average Bonchev–Trinajstić information content (AvgIpc) is 0.667. The molecule has 0 aliphatic carbocycles. The summed E-state index contributed by atoms with van der Waals surface area (Å²) in [7, 11) is 6.82. The first-order valence-electron chi connectivity index (χ1n) is 48.7. The molecule has 144 heavy (non-hydrogen) atoms. The SMILES string of the molecule is CO[Si](CCC(C)(C)c1ccc(Oc2cc3c4c(cc(Oc5ccc(C(C)(C)CC[Si](OC)(OC)OC)cc5)c5c6c(Oc7ccc(C(C)(C)CC[Si](OC)(OC)OC)cc7)cc7c8c(cc(Oc9ccc(C(C)(C)CC[Si](OC)(OC)OC)cc9)c(c2c45)c86)C(=O)N(C(C(=O)N(c2ccccc2)c2ccccc2)C(C)C)C7O)C(=O)N(C(C(=O)N(c2ccccc2)c2ccccc2)C(C)C)C3=O)cc1)(OC)OC. The van der Waals surface area contributed by atoms with Crippen LogP contribution in [0.3, 0.4) is 0 Å². The Balaban J connectivity index is 1.09. The van der Waals surface area contributed by atoms with Crippen LogP contribution in [0.1, 0.15) is 174 Å². The summed E-state index contributed by atoms with van der Waals surface area (Å²) in [6.07, 6.45) is 0.432. The molecule has 0 spiro atoms. The molecular weight excluding hydrogens is 1890 g/mol. The predicted octanol–water partition coefficient (Wildman–Crippen LogP) is 24.9. The van der Waals surface area contributed by atoms with Crippen LogP contribution in [-0.2, 0) is 84.4 Å². The summed E-state index contributed by atoms with van der Waals surface area (Å²) in [6, 6.07) is 73.0. The van der Waals surface area contributed by atoms with Gasteiger partial charge in [-0.3, -0.25) is 43.6 Å². The Labute approximate surface area is 849 Å². The lowest BCUT2D eigenvalue weighted by Crippen LogP contribution is -2.56. The van der Waals surface area contributed by atoms with Crippen molar-refractivity contribution in [2.45, 2.75) is 173 Å². The van der Waals surface area contributed by atoms with Crippen LogP contribution in [0.4, 0.5) is 22.7 Å². The van der Waals surface area contributed by atoms with E-state index in [-0.39, 0.29) is 88.3 Å². The fourth-order valence-corrected chi connectivity index (χ4v) is 28.6. The van der Waals surface area contributed by atoms with Gasteiger partial charge in [-0.15, -0.1) is 0 Å². The van der Waals surface area contributed by atoms with Gasteiger partial charge in [0, 0.05) is 181 Å². The summed E-state index contributed by atoms with van der Waals surface area (Å²) in [5.74, 6) is -3.51. The van der Waals surface area contributed by atoms with Gasteiger partial charge in [0.05, 0.1) is 16.7 Å². The third-order valence-corrected chi connectivity index (χ3v) is 40.3. The molecule has 3 atom stereocenters. The van der Waals surface area contributed by atoms with Crippen molar-refractivity contribution in [1.82, 2.24) is 9.80 Å². The van der Waals surface area contributed by atoms with Gasteiger partial charge in [0.1, 0.15) is 58.1 Å². The van der Waals surface area contributed by atoms with Gasteiger partial charge in [-0.05, 0) is 203 Å². The Morgan fingerprint density at radius 3 is 0.778 bits per heavy atom. The van der Waals surface area contributed by atoms with E-state index in [4.69, 9.17) is 72.1 Å². The van der Waals surface area contributed by atoms with E-state index in [9.17, 15) is 5.11 Å². The molecule has 0 aromatic heterocycles. The van der Waals surface area contributed by atoms with Gasteiger partial charge in [0.15, 0.2) is 6.23 Å². The van der Waals surface area contributed by atoms with E-state index in [0.717, 1.165) is 27.2 Å². The standard InChI is InChI=1S/C114H134N4O22Si4/c1-73(2)103(109(123)115(79-37-29-25-30-38-79)80-39-31-26-32-40-80)117-105(119)87-69-91(137-83-53-45-75(46-54-83)111(5,6)61-65-141(125-13,126-14)127-15)97-99-93(139-85-57-49-77(50-58-85)113(9,10)63-67-143(131-19,132-20)133-21)71-89-96-90(108(122)118(107(89)121)104(74(3)4)110(124)116(81-41-33-27-34-42-81)82-43-35-28-36-44-82)72-94(140-86-59-51-78(52-60-86)114(11,12)64-68-144(134-22,135-23)136-24)100(102(96)99)98-92(70-88(106(117)120)95(87)101(97)98)138-84-55-47-76(48-56-84)112(7,8)62-66-142(128-16,129-17)130-18/h25-60,69-74,103-105,119H,61-68H2,1-24H3. The number of fused-ring (bicyclic) bond motifs is 2. The number of aliphatic hydroxyl groups excluding tert-OH is 1. The minimum absolute atomic E-state index is 0.0128. The number of para-hydroxylation sites is 4. The molecule has 2 heterocycles. The first kappa shape index (κ1) is 107. The zero-order chi connectivity index (χ0) is 104. The molecule has 758 valence electrons. The van der Waals surface area contributed by atoms with Crippen molar-refractivity contribution in [2.75, 3.05) is 95.1 Å². The normalized spacial score (nSPS) is 14.5. The van der Waals surface area contributed by atoms with Crippen LogP contribution >= 0.6 is 0 Å². The molecule has 15 rings (SSSR count). The maximum absolute atomic E-state index is 17.5. The summed E-state index contributed by atoms with van der Waals surface area (Å²) in [6.45, 7) is 24.4. The van der Waals surface area contributed by atoms with Crippen LogP contribution in [0.25, 0.3) is 43.1 Å². The summed E-state index contributed by atoms with van der Waals surface area (Å²) >= 11 is 0. The van der Waals surface area contributed by atoms with Crippen molar-refractivity contribution in [3.63, 3.8) is 0 Å². The lowest BCUT2D eigenvalue weighted by molar-refractivity contribution is -0.128. The lowest BCUT2D eigenvalue weighted by Gasteiger charge is -2.42. The highest BCUT2D eigenvalue weighted by molar-refractivity contribution is 6.62. The number of amides is 5. The van der Waals surface area contributed by atoms with Crippen molar-refractivity contribution < 1.29 is 101 Å². The smallest absolute Gasteiger partial charge is 0.457 e. The van der Waals surface area contributed by atoms with Gasteiger partial charge in [0.25, 0.3) is 29.5 Å². The van der Waals surface area contributed by atoms with Gasteiger partial charge in [-0.1, -0.05) is 204 Å². The van der Waals surface area contributed by atoms with Crippen molar-refractivity contribution >= 4 is 131 Å². The lowest BCUT2D eigenvalue weighted by atomic mass is 9.79. The minimum Gasteiger partial charge on any atom is -0.457 e. The number of anilines is 4. The number of nitrogens with zero attached hydrogens (tertiary/aromatic N) is 4. The number of hydrogen-bond acceptors (Lipinski definition) is 22. The molecule has 1 N–H and O–H groups in total. The zero-order valence-electron chi connectivity index (χ0n) is 86.9. The maximum atomic E-state index is 17.5. The third kappa shape index (κ3) is 20.7. The number of aliphatic hydroxyl groups is 1. The topological polar surface area (TPSA) is 266 Å². The Morgan fingerprint density at radius 2 is 0.535 bits per heavy atom. The van der Waals surface area contributed by atoms with Gasteiger partial charge >= 0.3 is 35.2 Å². The molecule has 30 heteroatoms. The largest absolute Gasteiger partial charge is 0.500 e. The highest BCUT2D eigenvalue weighted by atomic mass is 28.4. The van der Waals surface area contributed by atoms with Gasteiger partial charge < -0.3 is 77.2 Å². The van der Waals surface area contributed by atoms with Crippen LogP contribution in [-0.4, -0.2) is 177 Å². The highest BCUT2D eigenvalue weighted by Gasteiger charge is 2.51. The van der Waals surface area contributed by atoms with Gasteiger partial charge in [0.2, 0.25) is 0 Å². The second-order valence-corrected chi connectivity index (χ2v) is 52.5. The van der Waals surface area contributed by atoms with Crippen molar-refractivity contribution in [3.8, 4) is 46.0 Å². The first-order chi connectivity index (χ1) is 68.8. The summed E-state index contributed by atoms with van der Waals surface area (Å²) in [4.78, 5) is 91.1. The summed E-state index contributed by atoms with van der Waals surface area (Å²) in [5.41, 5.74) is 3.75. The fraction of sp³-hybridized carbons (Fsp3) is 0.360. The number of ether oxygens (including phenoxy) is 4. The molecule has 0 bridgehead atoms. The minimum atomic E-state index is -3.09.